The molecule has 1 heterocycles. The second-order valence-corrected chi connectivity index (χ2v) is 6.01. The highest BCUT2D eigenvalue weighted by molar-refractivity contribution is 14.1. The minimum Gasteiger partial charge on any atom is -0.334 e. The van der Waals surface area contributed by atoms with Gasteiger partial charge in [-0.3, -0.25) is 0 Å². The molecule has 0 amide bonds. The van der Waals surface area contributed by atoms with E-state index in [2.05, 4.69) is 45.7 Å². The number of benzene rings is 1. The number of aromatic nitrogens is 2. The van der Waals surface area contributed by atoms with Crippen LogP contribution in [-0.4, -0.2) is 10.1 Å². The molecule has 1 aromatic heterocycles. The van der Waals surface area contributed by atoms with Crippen molar-refractivity contribution >= 4 is 22.6 Å². The lowest BCUT2D eigenvalue weighted by Crippen LogP contribution is -2.44. The monoisotopic (exact) mass is 355 g/mol. The first-order valence-corrected chi connectivity index (χ1v) is 7.07. The highest BCUT2D eigenvalue weighted by Crippen LogP contribution is 2.38. The van der Waals surface area contributed by atoms with Crippen LogP contribution in [0.5, 0.6) is 0 Å². The second kappa shape index (κ2) is 4.31. The van der Waals surface area contributed by atoms with Crippen LogP contribution in [0.3, 0.4) is 0 Å². The van der Waals surface area contributed by atoms with Gasteiger partial charge in [0.15, 0.2) is 5.82 Å². The quantitative estimate of drug-likeness (QED) is 0.842. The predicted molar refractivity (Wildman–Crippen MR) is 76.9 cm³/mol. The average Bonchev–Trinajstić information content (AvgIpc) is 2.79. The van der Waals surface area contributed by atoms with Crippen LogP contribution in [0.4, 0.5) is 0 Å². The van der Waals surface area contributed by atoms with Gasteiger partial charge in [0, 0.05) is 9.13 Å². The molecule has 1 saturated carbocycles. The Bertz CT molecular complexity index is 590. The fraction of sp³-hybridized carbons (Fsp3) is 0.385. The molecule has 0 atom stereocenters. The maximum Gasteiger partial charge on any atom is 0.258 e. The van der Waals surface area contributed by atoms with Crippen LogP contribution in [0.1, 0.15) is 30.7 Å². The molecule has 5 heteroatoms. The van der Waals surface area contributed by atoms with Crippen LogP contribution in [0, 0.1) is 10.5 Å². The van der Waals surface area contributed by atoms with E-state index in [1.807, 2.05) is 12.1 Å². The largest absolute Gasteiger partial charge is 0.334 e. The van der Waals surface area contributed by atoms with Crippen molar-refractivity contribution < 1.29 is 4.52 Å². The molecule has 1 fully saturated rings. The van der Waals surface area contributed by atoms with Crippen molar-refractivity contribution in [3.05, 3.63) is 33.2 Å². The minimum atomic E-state index is -0.364. The van der Waals surface area contributed by atoms with Crippen LogP contribution in [0.15, 0.2) is 22.7 Å². The molecule has 0 spiro atoms. The number of halogens is 1. The van der Waals surface area contributed by atoms with Crippen molar-refractivity contribution in [2.24, 2.45) is 5.73 Å². The molecule has 0 unspecified atom stereocenters. The third-order valence-corrected chi connectivity index (χ3v) is 4.78. The highest BCUT2D eigenvalue weighted by Gasteiger charge is 2.39. The van der Waals surface area contributed by atoms with Crippen LogP contribution >= 0.6 is 22.6 Å². The predicted octanol–water partition coefficient (Wildman–Crippen LogP) is 2.99. The minimum absolute atomic E-state index is 0.364. The van der Waals surface area contributed by atoms with Gasteiger partial charge in [-0.1, -0.05) is 11.2 Å². The van der Waals surface area contributed by atoms with Crippen LogP contribution in [-0.2, 0) is 5.54 Å². The molecule has 94 valence electrons. The molecule has 4 nitrogen and oxygen atoms in total. The summed E-state index contributed by atoms with van der Waals surface area (Å²) < 4.78 is 6.55. The van der Waals surface area contributed by atoms with Gasteiger partial charge < -0.3 is 10.3 Å². The first-order chi connectivity index (χ1) is 8.60. The fourth-order valence-corrected chi connectivity index (χ4v) is 2.65. The van der Waals surface area contributed by atoms with Gasteiger partial charge in [-0.05, 0) is 66.5 Å². The van der Waals surface area contributed by atoms with Gasteiger partial charge in [0.05, 0.1) is 5.54 Å². The van der Waals surface area contributed by atoms with E-state index in [1.165, 1.54) is 3.57 Å². The molecule has 0 bridgehead atoms. The zero-order valence-corrected chi connectivity index (χ0v) is 12.3. The maximum atomic E-state index is 6.20. The fourth-order valence-electron chi connectivity index (χ4n) is 2.16. The zero-order valence-electron chi connectivity index (χ0n) is 10.1. The van der Waals surface area contributed by atoms with Crippen molar-refractivity contribution in [2.75, 3.05) is 0 Å². The molecular formula is C13H14IN3O. The lowest BCUT2D eigenvalue weighted by Gasteiger charge is -2.34. The summed E-state index contributed by atoms with van der Waals surface area (Å²) >= 11 is 2.30. The third-order valence-electron chi connectivity index (χ3n) is 3.62. The number of nitrogens with two attached hydrogens (primary N) is 1. The number of nitrogens with zero attached hydrogens (tertiary/aromatic N) is 2. The van der Waals surface area contributed by atoms with Gasteiger partial charge in [-0.2, -0.15) is 4.98 Å². The van der Waals surface area contributed by atoms with Crippen molar-refractivity contribution in [2.45, 2.75) is 31.7 Å². The highest BCUT2D eigenvalue weighted by atomic mass is 127. The lowest BCUT2D eigenvalue weighted by molar-refractivity contribution is 0.229. The van der Waals surface area contributed by atoms with E-state index in [-0.39, 0.29) is 5.54 Å². The van der Waals surface area contributed by atoms with Crippen LogP contribution in [0.25, 0.3) is 11.5 Å². The second-order valence-electron chi connectivity index (χ2n) is 4.85. The van der Waals surface area contributed by atoms with Gasteiger partial charge in [0.25, 0.3) is 5.89 Å². The summed E-state index contributed by atoms with van der Waals surface area (Å²) in [5.74, 6) is 1.21. The smallest absolute Gasteiger partial charge is 0.258 e. The first-order valence-electron chi connectivity index (χ1n) is 5.99. The molecule has 18 heavy (non-hydrogen) atoms. The van der Waals surface area contributed by atoms with E-state index in [1.54, 1.807) is 0 Å². The Morgan fingerprint density at radius 1 is 1.39 bits per heavy atom. The lowest BCUT2D eigenvalue weighted by atomic mass is 9.77. The maximum absolute atomic E-state index is 6.20. The van der Waals surface area contributed by atoms with E-state index < -0.39 is 0 Å². The Kier molecular flexibility index (Phi) is 2.90. The molecule has 0 radical (unpaired) electrons. The van der Waals surface area contributed by atoms with Crippen LogP contribution < -0.4 is 5.73 Å². The van der Waals surface area contributed by atoms with Crippen molar-refractivity contribution in [1.82, 2.24) is 10.1 Å². The summed E-state index contributed by atoms with van der Waals surface area (Å²) in [6.07, 6.45) is 3.02. The number of rotatable bonds is 2. The molecule has 1 aromatic carbocycles. The molecular weight excluding hydrogens is 341 g/mol. The molecule has 0 aliphatic heterocycles. The number of hydrogen-bond acceptors (Lipinski definition) is 4. The molecule has 2 aromatic rings. The normalized spacial score (nSPS) is 17.5. The summed E-state index contributed by atoms with van der Waals surface area (Å²) in [6.45, 7) is 2.06. The Morgan fingerprint density at radius 3 is 2.83 bits per heavy atom. The van der Waals surface area contributed by atoms with Crippen molar-refractivity contribution in [3.8, 4) is 11.5 Å². The van der Waals surface area contributed by atoms with Crippen molar-refractivity contribution in [1.29, 1.82) is 0 Å². The van der Waals surface area contributed by atoms with E-state index in [4.69, 9.17) is 10.3 Å². The van der Waals surface area contributed by atoms with Crippen molar-refractivity contribution in [3.63, 3.8) is 0 Å². The topological polar surface area (TPSA) is 64.9 Å². The zero-order chi connectivity index (χ0) is 12.8. The standard InChI is InChI=1S/C13H14IN3O/c1-8-9(4-2-5-10(8)14)11-16-12(17-18-11)13(15)6-3-7-13/h2,4-5H,3,6-7,15H2,1H3. The summed E-state index contributed by atoms with van der Waals surface area (Å²) in [5, 5.41) is 4.04. The van der Waals surface area contributed by atoms with E-state index in [9.17, 15) is 0 Å². The summed E-state index contributed by atoms with van der Waals surface area (Å²) in [7, 11) is 0. The molecule has 3 rings (SSSR count). The Hall–Kier alpha value is -0.950. The first kappa shape index (κ1) is 12.1. The molecule has 0 saturated heterocycles. The van der Waals surface area contributed by atoms with Gasteiger partial charge in [0.1, 0.15) is 0 Å². The van der Waals surface area contributed by atoms with Gasteiger partial charge >= 0.3 is 0 Å². The van der Waals surface area contributed by atoms with E-state index >= 15 is 0 Å². The number of hydrogen-bond donors (Lipinski definition) is 1. The SMILES string of the molecule is Cc1c(I)cccc1-c1nc(C2(N)CCC2)no1. The Labute approximate surface area is 119 Å². The van der Waals surface area contributed by atoms with Gasteiger partial charge in [0.2, 0.25) is 0 Å². The summed E-state index contributed by atoms with van der Waals surface area (Å²) in [6, 6.07) is 6.06. The molecule has 1 aliphatic carbocycles. The van der Waals surface area contributed by atoms with Gasteiger partial charge in [-0.15, -0.1) is 0 Å². The van der Waals surface area contributed by atoms with Gasteiger partial charge in [-0.25, -0.2) is 0 Å². The third kappa shape index (κ3) is 1.85. The summed E-state index contributed by atoms with van der Waals surface area (Å²) in [4.78, 5) is 4.47. The Morgan fingerprint density at radius 2 is 2.17 bits per heavy atom. The van der Waals surface area contributed by atoms with E-state index in [0.717, 1.165) is 30.4 Å². The summed E-state index contributed by atoms with van der Waals surface area (Å²) in [5.41, 5.74) is 7.98. The average molecular weight is 355 g/mol. The van der Waals surface area contributed by atoms with Crippen LogP contribution in [0.2, 0.25) is 0 Å². The molecule has 2 N–H and O–H groups in total. The Balaban J connectivity index is 2.00. The van der Waals surface area contributed by atoms with E-state index in [0.29, 0.717) is 11.7 Å². The molecule has 1 aliphatic rings.